The van der Waals surface area contributed by atoms with Crippen molar-refractivity contribution < 1.29 is 23.9 Å². The predicted octanol–water partition coefficient (Wildman–Crippen LogP) is 0.977. The second kappa shape index (κ2) is 6.31. The van der Waals surface area contributed by atoms with Gasteiger partial charge in [0.2, 0.25) is 5.91 Å². The number of hydrogen-bond donors (Lipinski definition) is 1. The summed E-state index contributed by atoms with van der Waals surface area (Å²) in [6.07, 6.45) is 1.40. The maximum atomic E-state index is 12.2. The lowest BCUT2D eigenvalue weighted by atomic mass is 10.3. The van der Waals surface area contributed by atoms with Crippen molar-refractivity contribution in [1.29, 1.82) is 0 Å². The minimum absolute atomic E-state index is 0.208. The van der Waals surface area contributed by atoms with Crippen LogP contribution in [0.15, 0.2) is 24.3 Å². The van der Waals surface area contributed by atoms with E-state index in [1.165, 1.54) is 0 Å². The van der Waals surface area contributed by atoms with Crippen molar-refractivity contribution in [3.63, 3.8) is 0 Å². The van der Waals surface area contributed by atoms with E-state index in [1.807, 2.05) is 6.92 Å². The number of carbonyl (C=O) groups is 4. The largest absolute Gasteiger partial charge is 0.492 e. The zero-order chi connectivity index (χ0) is 17.3. The van der Waals surface area contributed by atoms with Crippen molar-refractivity contribution in [2.75, 3.05) is 18.5 Å². The van der Waals surface area contributed by atoms with Crippen LogP contribution in [0.1, 0.15) is 19.8 Å². The molecule has 0 unspecified atom stereocenters. The molecule has 1 aromatic carbocycles. The Hall–Kier alpha value is -2.90. The molecule has 1 aromatic rings. The van der Waals surface area contributed by atoms with E-state index in [4.69, 9.17) is 4.74 Å². The van der Waals surface area contributed by atoms with Crippen LogP contribution in [-0.4, -0.2) is 52.7 Å². The Morgan fingerprint density at radius 1 is 1.21 bits per heavy atom. The molecular weight excluding hydrogens is 314 g/mol. The molecule has 1 saturated carbocycles. The van der Waals surface area contributed by atoms with Crippen molar-refractivity contribution in [2.24, 2.45) is 0 Å². The molecular formula is C16H17N3O5. The maximum Gasteiger partial charge on any atom is 0.334 e. The molecule has 24 heavy (non-hydrogen) atoms. The Morgan fingerprint density at radius 3 is 2.58 bits per heavy atom. The van der Waals surface area contributed by atoms with E-state index >= 15 is 0 Å². The van der Waals surface area contributed by atoms with E-state index in [-0.39, 0.29) is 6.04 Å². The molecule has 1 aliphatic carbocycles. The molecule has 0 bridgehead atoms. The number of amides is 5. The Bertz CT molecular complexity index is 713. The van der Waals surface area contributed by atoms with Gasteiger partial charge in [0.15, 0.2) is 0 Å². The van der Waals surface area contributed by atoms with Gasteiger partial charge in [-0.05, 0) is 31.9 Å². The highest BCUT2D eigenvalue weighted by Gasteiger charge is 2.51. The highest BCUT2D eigenvalue weighted by molar-refractivity contribution is 6.45. The second-order valence-corrected chi connectivity index (χ2v) is 5.56. The number of imide groups is 2. The third kappa shape index (κ3) is 2.94. The Kier molecular flexibility index (Phi) is 4.20. The van der Waals surface area contributed by atoms with Crippen LogP contribution < -0.4 is 10.1 Å². The van der Waals surface area contributed by atoms with Gasteiger partial charge in [0.05, 0.1) is 12.3 Å². The fourth-order valence-electron chi connectivity index (χ4n) is 2.50. The third-order valence-electron chi connectivity index (χ3n) is 3.76. The van der Waals surface area contributed by atoms with Gasteiger partial charge in [0.1, 0.15) is 12.3 Å². The summed E-state index contributed by atoms with van der Waals surface area (Å²) in [4.78, 5) is 49.7. The molecule has 0 aromatic heterocycles. The number of benzene rings is 1. The summed E-state index contributed by atoms with van der Waals surface area (Å²) in [7, 11) is 0. The molecule has 0 atom stereocenters. The summed E-state index contributed by atoms with van der Waals surface area (Å²) in [6.45, 7) is 1.74. The van der Waals surface area contributed by atoms with E-state index in [1.54, 1.807) is 24.3 Å². The van der Waals surface area contributed by atoms with E-state index in [9.17, 15) is 19.2 Å². The highest BCUT2D eigenvalue weighted by Crippen LogP contribution is 2.31. The molecule has 5 amide bonds. The molecule has 0 spiro atoms. The lowest BCUT2D eigenvalue weighted by Gasteiger charge is -2.15. The fraction of sp³-hybridized carbons (Fsp3) is 0.375. The van der Waals surface area contributed by atoms with Gasteiger partial charge in [-0.3, -0.25) is 19.3 Å². The molecule has 1 N–H and O–H groups in total. The van der Waals surface area contributed by atoms with E-state index < -0.39 is 30.3 Å². The summed E-state index contributed by atoms with van der Waals surface area (Å²) >= 11 is 0. The lowest BCUT2D eigenvalue weighted by molar-refractivity contribution is -0.143. The number of ether oxygens (including phenoxy) is 1. The molecule has 126 valence electrons. The van der Waals surface area contributed by atoms with Crippen molar-refractivity contribution in [2.45, 2.75) is 25.8 Å². The minimum atomic E-state index is -0.958. The summed E-state index contributed by atoms with van der Waals surface area (Å²) in [5, 5.41) is 2.60. The second-order valence-electron chi connectivity index (χ2n) is 5.56. The van der Waals surface area contributed by atoms with Gasteiger partial charge in [-0.25, -0.2) is 9.69 Å². The average Bonchev–Trinajstić information content (AvgIpc) is 3.35. The first-order chi connectivity index (χ1) is 11.5. The molecule has 8 heteroatoms. The number of carbonyl (C=O) groups excluding carboxylic acids is 4. The Balaban J connectivity index is 1.68. The quantitative estimate of drug-likeness (QED) is 0.619. The molecule has 1 heterocycles. The van der Waals surface area contributed by atoms with Gasteiger partial charge in [-0.15, -0.1) is 0 Å². The SMILES string of the molecule is CCOc1ccccc1NC(=O)CN1C(=O)C(=O)N(C2CC2)C1=O. The van der Waals surface area contributed by atoms with Crippen LogP contribution in [0, 0.1) is 0 Å². The molecule has 0 radical (unpaired) electrons. The van der Waals surface area contributed by atoms with Crippen molar-refractivity contribution >= 4 is 29.4 Å². The molecule has 3 rings (SSSR count). The Labute approximate surface area is 138 Å². The van der Waals surface area contributed by atoms with Gasteiger partial charge >= 0.3 is 17.8 Å². The van der Waals surface area contributed by atoms with Gasteiger partial charge < -0.3 is 10.1 Å². The first kappa shape index (κ1) is 16.0. The van der Waals surface area contributed by atoms with E-state index in [2.05, 4.69) is 5.32 Å². The topological polar surface area (TPSA) is 96.0 Å². The highest BCUT2D eigenvalue weighted by atomic mass is 16.5. The van der Waals surface area contributed by atoms with Crippen LogP contribution in [0.3, 0.4) is 0 Å². The van der Waals surface area contributed by atoms with Crippen molar-refractivity contribution in [1.82, 2.24) is 9.80 Å². The normalized spacial score (nSPS) is 17.5. The molecule has 8 nitrogen and oxygen atoms in total. The first-order valence-corrected chi connectivity index (χ1v) is 7.73. The van der Waals surface area contributed by atoms with Gasteiger partial charge in [-0.2, -0.15) is 0 Å². The predicted molar refractivity (Wildman–Crippen MR) is 83.2 cm³/mol. The fourth-order valence-corrected chi connectivity index (χ4v) is 2.50. The minimum Gasteiger partial charge on any atom is -0.492 e. The zero-order valence-electron chi connectivity index (χ0n) is 13.2. The van der Waals surface area contributed by atoms with Crippen LogP contribution in [0.4, 0.5) is 10.5 Å². The number of anilines is 1. The van der Waals surface area contributed by atoms with Crippen LogP contribution in [0.5, 0.6) is 5.75 Å². The van der Waals surface area contributed by atoms with Crippen molar-refractivity contribution in [3.8, 4) is 5.75 Å². The zero-order valence-corrected chi connectivity index (χ0v) is 13.2. The molecule has 2 fully saturated rings. The number of rotatable bonds is 6. The smallest absolute Gasteiger partial charge is 0.334 e. The van der Waals surface area contributed by atoms with Crippen LogP contribution in [0.25, 0.3) is 0 Å². The van der Waals surface area contributed by atoms with Crippen LogP contribution in [-0.2, 0) is 14.4 Å². The maximum absolute atomic E-state index is 12.2. The number of para-hydroxylation sites is 2. The van der Waals surface area contributed by atoms with Crippen LogP contribution >= 0.6 is 0 Å². The van der Waals surface area contributed by atoms with Crippen molar-refractivity contribution in [3.05, 3.63) is 24.3 Å². The molecule has 2 aliphatic rings. The molecule has 1 aliphatic heterocycles. The summed E-state index contributed by atoms with van der Waals surface area (Å²) < 4.78 is 5.40. The third-order valence-corrected chi connectivity index (χ3v) is 3.76. The number of nitrogens with zero attached hydrogens (tertiary/aromatic N) is 2. The monoisotopic (exact) mass is 331 g/mol. The number of urea groups is 1. The Morgan fingerprint density at radius 2 is 1.92 bits per heavy atom. The first-order valence-electron chi connectivity index (χ1n) is 7.73. The number of hydrogen-bond acceptors (Lipinski definition) is 5. The number of nitrogens with one attached hydrogen (secondary N) is 1. The summed E-state index contributed by atoms with van der Waals surface area (Å²) in [5.74, 6) is -1.90. The summed E-state index contributed by atoms with van der Waals surface area (Å²) in [5.41, 5.74) is 0.439. The average molecular weight is 331 g/mol. The standard InChI is InChI=1S/C16H17N3O5/c1-2-24-12-6-4-3-5-11(12)17-13(20)9-18-14(21)15(22)19(16(18)23)10-7-8-10/h3-6,10H,2,7-9H2,1H3,(H,17,20). The van der Waals surface area contributed by atoms with E-state index in [0.29, 0.717) is 35.8 Å². The van der Waals surface area contributed by atoms with Gasteiger partial charge in [0, 0.05) is 6.04 Å². The summed E-state index contributed by atoms with van der Waals surface area (Å²) in [6, 6.07) is 5.91. The van der Waals surface area contributed by atoms with Gasteiger partial charge in [-0.1, -0.05) is 12.1 Å². The van der Waals surface area contributed by atoms with Crippen LogP contribution in [0.2, 0.25) is 0 Å². The van der Waals surface area contributed by atoms with Gasteiger partial charge in [0.25, 0.3) is 0 Å². The molecule has 1 saturated heterocycles. The lowest BCUT2D eigenvalue weighted by Crippen LogP contribution is -2.39. The van der Waals surface area contributed by atoms with E-state index in [0.717, 1.165) is 4.90 Å².